The molecule has 2 N–H and O–H groups in total. The Morgan fingerprint density at radius 2 is 1.53 bits per heavy atom. The Morgan fingerprint density at radius 1 is 0.781 bits per heavy atom. The van der Waals surface area contributed by atoms with Crippen molar-refractivity contribution in [2.24, 2.45) is 0 Å². The minimum atomic E-state index is -0.323. The van der Waals surface area contributed by atoms with Crippen LogP contribution in [0, 0.1) is 0 Å². The lowest BCUT2D eigenvalue weighted by atomic mass is 10.2. The molecule has 168 valence electrons. The molecule has 0 saturated heterocycles. The van der Waals surface area contributed by atoms with Crippen LogP contribution in [0.2, 0.25) is 0 Å². The zero-order valence-electron chi connectivity index (χ0n) is 17.9. The Kier molecular flexibility index (Phi) is 9.20. The number of hydrogen-bond acceptors (Lipinski definition) is 5. The normalized spacial score (nSPS) is 10.4. The largest absolute Gasteiger partial charge is 0.494 e. The molecular formula is C25H28N2O5. The first kappa shape index (κ1) is 22.9. The molecule has 0 saturated carbocycles. The average molecular weight is 437 g/mol. The van der Waals surface area contributed by atoms with Crippen LogP contribution in [0.1, 0.15) is 35.4 Å². The van der Waals surface area contributed by atoms with Crippen molar-refractivity contribution >= 4 is 11.8 Å². The number of ether oxygens (including phenoxy) is 2. The van der Waals surface area contributed by atoms with Crippen molar-refractivity contribution in [3.63, 3.8) is 0 Å². The van der Waals surface area contributed by atoms with Gasteiger partial charge in [0.1, 0.15) is 18.1 Å². The highest BCUT2D eigenvalue weighted by Gasteiger charge is 2.08. The first-order valence-electron chi connectivity index (χ1n) is 10.7. The average Bonchev–Trinajstić information content (AvgIpc) is 3.36. The van der Waals surface area contributed by atoms with Gasteiger partial charge in [-0.15, -0.1) is 0 Å². The summed E-state index contributed by atoms with van der Waals surface area (Å²) >= 11 is 0. The van der Waals surface area contributed by atoms with Gasteiger partial charge in [0.25, 0.3) is 5.91 Å². The van der Waals surface area contributed by atoms with E-state index in [1.807, 2.05) is 54.6 Å². The maximum absolute atomic E-state index is 11.8. The summed E-state index contributed by atoms with van der Waals surface area (Å²) in [6.45, 7) is 1.93. The van der Waals surface area contributed by atoms with E-state index in [0.29, 0.717) is 19.8 Å². The molecule has 1 aromatic heterocycles. The van der Waals surface area contributed by atoms with Gasteiger partial charge in [-0.1, -0.05) is 30.3 Å². The van der Waals surface area contributed by atoms with Crippen LogP contribution in [-0.4, -0.2) is 31.5 Å². The summed E-state index contributed by atoms with van der Waals surface area (Å²) in [5, 5.41) is 5.48. The van der Waals surface area contributed by atoms with E-state index in [1.165, 1.54) is 6.26 Å². The number of carbonyl (C=O) groups is 2. The smallest absolute Gasteiger partial charge is 0.286 e. The highest BCUT2D eigenvalue weighted by molar-refractivity contribution is 5.91. The molecule has 7 nitrogen and oxygen atoms in total. The second-order valence-electron chi connectivity index (χ2n) is 7.13. The highest BCUT2D eigenvalue weighted by atomic mass is 16.5. The van der Waals surface area contributed by atoms with E-state index >= 15 is 0 Å². The second kappa shape index (κ2) is 12.8. The topological polar surface area (TPSA) is 89.8 Å². The first-order valence-corrected chi connectivity index (χ1v) is 10.7. The van der Waals surface area contributed by atoms with Gasteiger partial charge in [-0.25, -0.2) is 0 Å². The molecule has 0 atom stereocenters. The van der Waals surface area contributed by atoms with E-state index in [9.17, 15) is 9.59 Å². The first-order chi connectivity index (χ1) is 15.7. The van der Waals surface area contributed by atoms with Gasteiger partial charge in [0.15, 0.2) is 5.76 Å². The molecule has 3 aromatic rings. The lowest BCUT2D eigenvalue weighted by Crippen LogP contribution is -2.31. The van der Waals surface area contributed by atoms with Crippen LogP contribution in [0.3, 0.4) is 0 Å². The molecule has 0 aliphatic carbocycles. The van der Waals surface area contributed by atoms with E-state index in [0.717, 1.165) is 29.9 Å². The standard InChI is InChI=1S/C25H28N2O5/c28-24(14-16-27-25(29)23-9-6-18-31-23)26-15-4-5-17-30-21-10-12-22(13-11-21)32-19-20-7-2-1-3-8-20/h1-3,6-13,18H,4-5,14-17,19H2,(H,26,28)(H,27,29). The SMILES string of the molecule is O=C(CCNC(=O)c1ccco1)NCCCCOc1ccc(OCc2ccccc2)cc1. The van der Waals surface area contributed by atoms with Crippen molar-refractivity contribution in [3.8, 4) is 11.5 Å². The van der Waals surface area contributed by atoms with Crippen LogP contribution in [0.4, 0.5) is 0 Å². The van der Waals surface area contributed by atoms with E-state index in [2.05, 4.69) is 10.6 Å². The summed E-state index contributed by atoms with van der Waals surface area (Å²) in [5.41, 5.74) is 1.12. The van der Waals surface area contributed by atoms with Gasteiger partial charge in [-0.3, -0.25) is 9.59 Å². The lowest BCUT2D eigenvalue weighted by molar-refractivity contribution is -0.120. The fourth-order valence-electron chi connectivity index (χ4n) is 2.89. The predicted molar refractivity (Wildman–Crippen MR) is 121 cm³/mol. The number of carbonyl (C=O) groups excluding carboxylic acids is 2. The molecule has 1 heterocycles. The molecule has 0 bridgehead atoms. The molecule has 32 heavy (non-hydrogen) atoms. The van der Waals surface area contributed by atoms with E-state index in [4.69, 9.17) is 13.9 Å². The van der Waals surface area contributed by atoms with Crippen molar-refractivity contribution < 1.29 is 23.5 Å². The summed E-state index contributed by atoms with van der Waals surface area (Å²) in [6, 6.07) is 20.8. The monoisotopic (exact) mass is 436 g/mol. The molecule has 0 aliphatic rings. The highest BCUT2D eigenvalue weighted by Crippen LogP contribution is 2.19. The van der Waals surface area contributed by atoms with E-state index in [1.54, 1.807) is 12.1 Å². The van der Waals surface area contributed by atoms with Gasteiger partial charge in [0.05, 0.1) is 12.9 Å². The van der Waals surface area contributed by atoms with Crippen LogP contribution in [0.5, 0.6) is 11.5 Å². The zero-order valence-corrected chi connectivity index (χ0v) is 17.9. The van der Waals surface area contributed by atoms with Gasteiger partial charge in [0.2, 0.25) is 5.91 Å². The van der Waals surface area contributed by atoms with Crippen molar-refractivity contribution in [2.75, 3.05) is 19.7 Å². The fourth-order valence-corrected chi connectivity index (χ4v) is 2.89. The summed E-state index contributed by atoms with van der Waals surface area (Å²) in [5.74, 6) is 1.39. The minimum Gasteiger partial charge on any atom is -0.494 e. The number of hydrogen-bond donors (Lipinski definition) is 2. The van der Waals surface area contributed by atoms with E-state index in [-0.39, 0.29) is 30.5 Å². The quantitative estimate of drug-likeness (QED) is 0.396. The third-order valence-electron chi connectivity index (χ3n) is 4.62. The van der Waals surface area contributed by atoms with Crippen LogP contribution >= 0.6 is 0 Å². The Bertz CT molecular complexity index is 940. The molecule has 0 unspecified atom stereocenters. The Balaban J connectivity index is 1.20. The van der Waals surface area contributed by atoms with Gasteiger partial charge < -0.3 is 24.5 Å². The third-order valence-corrected chi connectivity index (χ3v) is 4.62. The van der Waals surface area contributed by atoms with Crippen molar-refractivity contribution in [3.05, 3.63) is 84.3 Å². The maximum atomic E-state index is 11.8. The summed E-state index contributed by atoms with van der Waals surface area (Å²) in [6.07, 6.45) is 3.29. The second-order valence-corrected chi connectivity index (χ2v) is 7.13. The lowest BCUT2D eigenvalue weighted by Gasteiger charge is -2.09. The summed E-state index contributed by atoms with van der Waals surface area (Å²) in [7, 11) is 0. The van der Waals surface area contributed by atoms with Crippen LogP contribution in [0.25, 0.3) is 0 Å². The molecule has 7 heteroatoms. The number of amides is 2. The molecule has 0 radical (unpaired) electrons. The van der Waals surface area contributed by atoms with Gasteiger partial charge >= 0.3 is 0 Å². The molecule has 3 rings (SSSR count). The molecule has 0 spiro atoms. The van der Waals surface area contributed by atoms with Gasteiger partial charge in [-0.2, -0.15) is 0 Å². The van der Waals surface area contributed by atoms with Gasteiger partial charge in [0, 0.05) is 19.5 Å². The summed E-state index contributed by atoms with van der Waals surface area (Å²) < 4.78 is 16.5. The third kappa shape index (κ3) is 8.18. The number of nitrogens with one attached hydrogen (secondary N) is 2. The molecule has 0 aliphatic heterocycles. The zero-order chi connectivity index (χ0) is 22.4. The minimum absolute atomic E-state index is 0.100. The van der Waals surface area contributed by atoms with Crippen molar-refractivity contribution in [2.45, 2.75) is 25.9 Å². The number of benzene rings is 2. The Hall–Kier alpha value is -3.74. The predicted octanol–water partition coefficient (Wildman–Crippen LogP) is 3.95. The molecule has 2 amide bonds. The van der Waals surface area contributed by atoms with Crippen LogP contribution in [0.15, 0.2) is 77.4 Å². The van der Waals surface area contributed by atoms with Crippen LogP contribution in [-0.2, 0) is 11.4 Å². The molecular weight excluding hydrogens is 408 g/mol. The number of unbranched alkanes of at least 4 members (excludes halogenated alkanes) is 1. The van der Waals surface area contributed by atoms with Crippen LogP contribution < -0.4 is 20.1 Å². The Morgan fingerprint density at radius 3 is 2.25 bits per heavy atom. The van der Waals surface area contributed by atoms with E-state index < -0.39 is 0 Å². The van der Waals surface area contributed by atoms with Gasteiger partial charge in [-0.05, 0) is 54.8 Å². The van der Waals surface area contributed by atoms with Crippen molar-refractivity contribution in [1.82, 2.24) is 10.6 Å². The molecule has 2 aromatic carbocycles. The number of rotatable bonds is 13. The maximum Gasteiger partial charge on any atom is 0.286 e. The summed E-state index contributed by atoms with van der Waals surface area (Å²) in [4.78, 5) is 23.5. The van der Waals surface area contributed by atoms with Crippen molar-refractivity contribution in [1.29, 1.82) is 0 Å². The fraction of sp³-hybridized carbons (Fsp3) is 0.280. The Labute approximate surface area is 187 Å². The molecule has 0 fully saturated rings. The number of furan rings is 1.